The Hall–Kier alpha value is -6.59. The second-order valence-corrected chi connectivity index (χ2v) is 29.9. The van der Waals surface area contributed by atoms with Crippen molar-refractivity contribution in [2.45, 2.75) is 165 Å². The number of nitrogens with one attached hydrogen (secondary N) is 16. The van der Waals surface area contributed by atoms with Gasteiger partial charge in [0.15, 0.2) is 0 Å². The topological polar surface area (TPSA) is 621 Å². The summed E-state index contributed by atoms with van der Waals surface area (Å²) in [5, 5.41) is 89.4. The Kier molecular flexibility index (Phi) is 53.7. The number of carbonyl (C=O) groups excluding carboxylic acids is 17. The first-order valence-electron chi connectivity index (χ1n) is 35.8. The molecule has 47 heteroatoms. The van der Waals surface area contributed by atoms with E-state index < -0.39 is 260 Å². The molecule has 0 radical (unpaired) electrons. The van der Waals surface area contributed by atoms with Gasteiger partial charge in [-0.15, -0.1) is 0 Å². The molecule has 0 bridgehead atoms. The molecule has 0 saturated carbocycles. The summed E-state index contributed by atoms with van der Waals surface area (Å²) in [5.41, 5.74) is 0.560. The molecule has 2 heterocycles. The number of phenolic OH excluding ortho intramolecular Hbond substituents is 2. The molecule has 0 aromatic heterocycles. The Labute approximate surface area is 816 Å². The quantitative estimate of drug-likeness (QED) is 0.0179. The molecule has 0 spiro atoms. The fraction of sp³-hybridized carbons (Fsp3) is 0.507. The zero-order chi connectivity index (χ0) is 85.2. The van der Waals surface area contributed by atoms with Crippen LogP contribution in [0, 0.1) is 199 Å². The number of aliphatic carboxylic acids is 2. The summed E-state index contributed by atoms with van der Waals surface area (Å²) in [6.45, 7) is 17.6. The van der Waals surface area contributed by atoms with E-state index in [-0.39, 0.29) is 222 Å². The minimum atomic E-state index is -2.13. The van der Waals surface area contributed by atoms with Crippen LogP contribution in [0.1, 0.15) is 84.3 Å². The number of amides is 17. The standard InChI is InChI=1S/C71H99N17O24S2.4Gd/c1-34(2)23-45(63(104)82-48(27-57(97)98)60(101)72-20-21-73-62(103)51(77-39(8)92)29-74-37(6)90)79-68(109)54-33-114-113-32-53(85-69(110)55-11-10-22-88(55)71(112)50(24-35(3)4)84-66(107)52(78-40(9)93)30-75-38(7)91)67(108)83-49(28-58(99)100)65(106)81-47(26-42-14-18-44(95)19-15-42)64(105)80-46(25-41-12-16-43(94)17-13-41)61(102)76-31-56(96)87-59(36(5)89)70(111)86-54;;;;/h12-19,34-36,45-55,59,89,94-95H,6-11,20-33H2,1-5H3,(H,72,101)(H,73,103)(H,74,90)(H,75,91)(H,76,102)(H,77,92)(H,78,93)(H,79,109)(H,80,105)(H,81,106)(H,82,104)(H,83,108)(H,84,107)(H,85,110)(H,86,111)(H,87,96)(H,97,98)(H,99,100);;;;/q-4;;;;/t36?,45-,46-,47-,48-,49-,50?,51?,52?,53-,54-,55-,59-;;;;/m0..../s1. The summed E-state index contributed by atoms with van der Waals surface area (Å²) >= 11 is 0. The minimum absolute atomic E-state index is 0. The Morgan fingerprint density at radius 1 is 0.500 bits per heavy atom. The zero-order valence-electron chi connectivity index (χ0n) is 64.6. The number of carboxylic acid groups (broad SMARTS) is 2. The number of likely N-dealkylation sites (tertiary alicyclic amines) is 1. The summed E-state index contributed by atoms with van der Waals surface area (Å²) in [6, 6.07) is -10.1. The fourth-order valence-corrected chi connectivity index (χ4v) is 13.7. The fourth-order valence-electron chi connectivity index (χ4n) is 11.4. The molecule has 660 valence electrons. The van der Waals surface area contributed by atoms with Crippen LogP contribution in [0.15, 0.2) is 48.5 Å². The van der Waals surface area contributed by atoms with Gasteiger partial charge in [0.1, 0.15) is 84.0 Å². The summed E-state index contributed by atoms with van der Waals surface area (Å²) in [6.07, 6.45) is -5.15. The van der Waals surface area contributed by atoms with Crippen LogP contribution in [0.3, 0.4) is 0 Å². The first-order chi connectivity index (χ1) is 53.6. The van der Waals surface area contributed by atoms with Crippen LogP contribution in [-0.2, 0) is 104 Å². The Morgan fingerprint density at radius 2 is 0.958 bits per heavy atom. The van der Waals surface area contributed by atoms with Gasteiger partial charge in [-0.3, -0.25) is 71.9 Å². The van der Waals surface area contributed by atoms with E-state index in [4.69, 9.17) is 0 Å². The van der Waals surface area contributed by atoms with Crippen molar-refractivity contribution < 1.29 is 276 Å². The molecule has 13 atom stereocenters. The van der Waals surface area contributed by atoms with Gasteiger partial charge in [0.2, 0.25) is 76.8 Å². The van der Waals surface area contributed by atoms with Crippen molar-refractivity contribution in [3.63, 3.8) is 0 Å². The van der Waals surface area contributed by atoms with Gasteiger partial charge >= 0.3 is 11.9 Å². The van der Waals surface area contributed by atoms with Gasteiger partial charge in [-0.2, -0.15) is 0 Å². The first-order valence-corrected chi connectivity index (χ1v) is 38.3. The predicted molar refractivity (Wildman–Crippen MR) is 406 cm³/mol. The second kappa shape index (κ2) is 56.9. The smallest absolute Gasteiger partial charge is 0.305 e. The van der Waals surface area contributed by atoms with Crippen molar-refractivity contribution in [1.29, 1.82) is 0 Å². The average molecular weight is 2270 g/mol. The van der Waals surface area contributed by atoms with Crippen molar-refractivity contribution in [3.05, 3.63) is 87.4 Å². The monoisotopic (exact) mass is 2270 g/mol. The van der Waals surface area contributed by atoms with E-state index >= 15 is 4.79 Å². The van der Waals surface area contributed by atoms with E-state index in [0.29, 0.717) is 27.2 Å². The largest absolute Gasteiger partial charge is 0.508 e. The minimum Gasteiger partial charge on any atom is -0.508 e. The number of hydrogen-bond donors (Lipinski definition) is 21. The Bertz CT molecular complexity index is 3820. The van der Waals surface area contributed by atoms with Crippen LogP contribution in [0.25, 0.3) is 0 Å². The molecule has 21 N–H and O–H groups in total. The molecule has 4 unspecified atom stereocenters. The van der Waals surface area contributed by atoms with E-state index in [1.54, 1.807) is 27.7 Å². The second-order valence-electron chi connectivity index (χ2n) is 27.4. The van der Waals surface area contributed by atoms with Gasteiger partial charge in [0.25, 0.3) is 0 Å². The molecule has 2 aliphatic rings. The van der Waals surface area contributed by atoms with Gasteiger partial charge in [-0.1, -0.05) is 73.5 Å². The maximum absolute atomic E-state index is 15.0. The third-order valence-corrected chi connectivity index (χ3v) is 19.3. The Morgan fingerprint density at radius 3 is 1.44 bits per heavy atom. The zero-order valence-corrected chi connectivity index (χ0v) is 75.3. The number of nitrogens with zero attached hydrogens (tertiary/aromatic N) is 1. The van der Waals surface area contributed by atoms with Gasteiger partial charge in [-0.25, -0.2) is 0 Å². The number of aliphatic hydroxyl groups excluding tert-OH is 1. The number of aliphatic hydroxyl groups is 1. The van der Waals surface area contributed by atoms with Crippen LogP contribution in [0.4, 0.5) is 0 Å². The summed E-state index contributed by atoms with van der Waals surface area (Å²) in [7, 11) is 1.36. The number of carboxylic acids is 2. The normalized spacial score (nSPS) is 19.6. The molecule has 118 heavy (non-hydrogen) atoms. The molecule has 2 aromatic carbocycles. The number of aromatic hydroxyl groups is 2. The predicted octanol–water partition coefficient (Wildman–Crippen LogP) is -7.06. The van der Waals surface area contributed by atoms with E-state index in [2.05, 4.69) is 113 Å². The number of carbonyl (C=O) groups is 19. The number of hydrogen-bond acceptors (Lipinski definition) is 24. The van der Waals surface area contributed by atoms with E-state index in [1.807, 2.05) is 0 Å². The van der Waals surface area contributed by atoms with Crippen molar-refractivity contribution in [3.8, 4) is 11.5 Å². The van der Waals surface area contributed by atoms with E-state index in [9.17, 15) is 112 Å². The van der Waals surface area contributed by atoms with Gasteiger partial charge in [0, 0.05) is 217 Å². The van der Waals surface area contributed by atoms with E-state index in [0.717, 1.165) is 11.8 Å². The number of phenols is 2. The maximum atomic E-state index is 15.0. The molecule has 0 aliphatic carbocycles. The molecule has 2 fully saturated rings. The first kappa shape index (κ1) is 111. The van der Waals surface area contributed by atoms with Gasteiger partial charge in [-0.05, 0) is 79.8 Å². The van der Waals surface area contributed by atoms with Crippen LogP contribution in [0.5, 0.6) is 11.5 Å². The summed E-state index contributed by atoms with van der Waals surface area (Å²) < 4.78 is 0. The van der Waals surface area contributed by atoms with Crippen LogP contribution in [-0.4, -0.2) is 272 Å². The van der Waals surface area contributed by atoms with Crippen LogP contribution < -0.4 is 85.1 Å². The van der Waals surface area contributed by atoms with Crippen molar-refractivity contribution in [2.75, 3.05) is 50.8 Å². The molecule has 4 rings (SSSR count). The van der Waals surface area contributed by atoms with Gasteiger partial charge in [0.05, 0.1) is 49.1 Å². The van der Waals surface area contributed by atoms with E-state index in [1.165, 1.54) is 48.5 Å². The third-order valence-electron chi connectivity index (χ3n) is 16.9. The average Bonchev–Trinajstić information content (AvgIpc) is 1.73. The SMILES string of the molecule is [CH2-]C(=O)NCC(NC([CH2-])=O)C(=O)NCCNC(=O)[C@H](CC(=O)O)NC(=O)[C@H](CC(C)C)NC(=O)[C@@H]1CSSC[C@H](NC(=O)[C@@H]2CCCN2C(=O)C(CC(C)C)NC(=O)C(CNC([CH2-])=O)NC([CH2-])=O)C(=O)N[C@@H](CC(=O)O)C(=O)N[C@@H](Cc2ccc(O)cc2)C(=O)N[C@@H](Cc2ccc(O)cc2)C(=O)NCC(=O)N[C@@H](C(C)O)C(=O)N1.[Gd].[Gd].[Gd].[Gd]. The molecular formula is C71H99Gd4N17O24S2-4. The number of rotatable bonds is 33. The molecule has 17 amide bonds. The number of benzene rings is 2. The molecule has 2 saturated heterocycles. The van der Waals surface area contributed by atoms with Crippen LogP contribution in [0.2, 0.25) is 0 Å². The maximum Gasteiger partial charge on any atom is 0.305 e. The van der Waals surface area contributed by atoms with Crippen molar-refractivity contribution in [1.82, 2.24) is 90.0 Å². The molecule has 2 aliphatic heterocycles. The van der Waals surface area contributed by atoms with Crippen molar-refractivity contribution >= 4 is 134 Å². The molecule has 41 nitrogen and oxygen atoms in total. The summed E-state index contributed by atoms with van der Waals surface area (Å²) in [5.74, 6) is -23.6. The van der Waals surface area contributed by atoms with Crippen molar-refractivity contribution in [2.24, 2.45) is 11.8 Å². The van der Waals surface area contributed by atoms with Gasteiger partial charge < -0.3 is 162 Å². The molecular weight excluding hydrogens is 2170 g/mol. The third kappa shape index (κ3) is 41.3. The Balaban J connectivity index is 0.0000342. The van der Waals surface area contributed by atoms with Crippen LogP contribution >= 0.6 is 21.6 Å². The molecule has 2 aromatic rings. The summed E-state index contributed by atoms with van der Waals surface area (Å²) in [4.78, 5) is 259.